The molecule has 0 radical (unpaired) electrons. The Bertz CT molecular complexity index is 743. The highest BCUT2D eigenvalue weighted by molar-refractivity contribution is 7.89. The van der Waals surface area contributed by atoms with Gasteiger partial charge in [0, 0.05) is 26.2 Å². The lowest BCUT2D eigenvalue weighted by Crippen LogP contribution is -2.46. The van der Waals surface area contributed by atoms with E-state index in [0.717, 1.165) is 0 Å². The van der Waals surface area contributed by atoms with Gasteiger partial charge >= 0.3 is 0 Å². The van der Waals surface area contributed by atoms with E-state index in [4.69, 9.17) is 15.2 Å². The molecule has 1 unspecified atom stereocenters. The number of amides is 1. The van der Waals surface area contributed by atoms with Gasteiger partial charge in [-0.2, -0.15) is 4.31 Å². The molecule has 146 valence electrons. The monoisotopic (exact) mass is 405 g/mol. The zero-order valence-corrected chi connectivity index (χ0v) is 16.0. The quantitative estimate of drug-likeness (QED) is 0.731. The van der Waals surface area contributed by atoms with Crippen molar-refractivity contribution in [2.45, 2.75) is 17.7 Å². The average Bonchev–Trinajstić information content (AvgIpc) is 2.65. The molecule has 8 nitrogen and oxygen atoms in total. The molecule has 1 amide bonds. The van der Waals surface area contributed by atoms with Crippen molar-refractivity contribution in [3.8, 4) is 11.5 Å². The molecular formula is C16H24ClN3O5S. The third-order valence-corrected chi connectivity index (χ3v) is 6.24. The van der Waals surface area contributed by atoms with Gasteiger partial charge in [-0.05, 0) is 25.0 Å². The third-order valence-electron chi connectivity index (χ3n) is 4.35. The van der Waals surface area contributed by atoms with Crippen LogP contribution in [-0.2, 0) is 14.8 Å². The van der Waals surface area contributed by atoms with Crippen molar-refractivity contribution < 1.29 is 22.7 Å². The molecule has 1 atom stereocenters. The number of benzene rings is 1. The normalized spacial score (nSPS) is 20.1. The molecule has 3 N–H and O–H groups in total. The van der Waals surface area contributed by atoms with Crippen LogP contribution >= 0.6 is 12.4 Å². The summed E-state index contributed by atoms with van der Waals surface area (Å²) in [6, 6.07) is 4.84. The molecule has 2 aliphatic rings. The predicted octanol–water partition coefficient (Wildman–Crippen LogP) is 0.355. The second-order valence-corrected chi connectivity index (χ2v) is 7.97. The van der Waals surface area contributed by atoms with Crippen molar-refractivity contribution >= 4 is 28.3 Å². The van der Waals surface area contributed by atoms with Crippen LogP contribution in [0.3, 0.4) is 0 Å². The molecule has 2 aliphatic heterocycles. The first kappa shape index (κ1) is 20.8. The first-order chi connectivity index (χ1) is 12.0. The van der Waals surface area contributed by atoms with Gasteiger partial charge in [0.25, 0.3) is 0 Å². The van der Waals surface area contributed by atoms with Crippen LogP contribution in [-0.4, -0.2) is 58.0 Å². The van der Waals surface area contributed by atoms with Crippen LogP contribution in [0.25, 0.3) is 0 Å². The molecule has 1 saturated heterocycles. The van der Waals surface area contributed by atoms with Gasteiger partial charge in [0.1, 0.15) is 18.1 Å². The summed E-state index contributed by atoms with van der Waals surface area (Å²) in [5, 5.41) is 2.73. The number of sulfonamides is 1. The van der Waals surface area contributed by atoms with Gasteiger partial charge in [0.2, 0.25) is 15.9 Å². The van der Waals surface area contributed by atoms with Gasteiger partial charge in [-0.25, -0.2) is 8.42 Å². The summed E-state index contributed by atoms with van der Waals surface area (Å²) < 4.78 is 38.5. The van der Waals surface area contributed by atoms with Crippen molar-refractivity contribution in [1.29, 1.82) is 0 Å². The molecule has 0 spiro atoms. The van der Waals surface area contributed by atoms with Crippen LogP contribution in [0.1, 0.15) is 12.8 Å². The predicted molar refractivity (Wildman–Crippen MR) is 98.2 cm³/mol. The second-order valence-electron chi connectivity index (χ2n) is 6.06. The molecule has 3 rings (SSSR count). The summed E-state index contributed by atoms with van der Waals surface area (Å²) in [6.45, 7) is 1.98. The van der Waals surface area contributed by atoms with Gasteiger partial charge in [-0.1, -0.05) is 6.07 Å². The zero-order chi connectivity index (χ0) is 17.9. The van der Waals surface area contributed by atoms with Crippen LogP contribution < -0.4 is 20.5 Å². The van der Waals surface area contributed by atoms with Crippen LogP contribution in [0.4, 0.5) is 0 Å². The van der Waals surface area contributed by atoms with E-state index in [1.807, 2.05) is 0 Å². The van der Waals surface area contributed by atoms with Gasteiger partial charge in [-0.3, -0.25) is 4.79 Å². The maximum atomic E-state index is 13.1. The first-order valence-electron chi connectivity index (χ1n) is 8.40. The molecular weight excluding hydrogens is 382 g/mol. The van der Waals surface area contributed by atoms with E-state index >= 15 is 0 Å². The molecule has 0 bridgehead atoms. The fourth-order valence-corrected chi connectivity index (χ4v) is 4.77. The number of hydrogen-bond donors (Lipinski definition) is 2. The van der Waals surface area contributed by atoms with Crippen LogP contribution in [0.15, 0.2) is 23.1 Å². The number of hydrogen-bond acceptors (Lipinski definition) is 6. The molecule has 0 saturated carbocycles. The minimum Gasteiger partial charge on any atom is -0.486 e. The van der Waals surface area contributed by atoms with E-state index in [0.29, 0.717) is 51.4 Å². The van der Waals surface area contributed by atoms with Gasteiger partial charge in [0.05, 0.1) is 5.92 Å². The van der Waals surface area contributed by atoms with Gasteiger partial charge in [0.15, 0.2) is 11.5 Å². The SMILES string of the molecule is Cl.NCCNC(=O)C1CCCN(S(=O)(=O)c2cccc3c2OCCO3)C1. The van der Waals surface area contributed by atoms with E-state index in [1.165, 1.54) is 10.4 Å². The number of ether oxygens (including phenoxy) is 2. The summed E-state index contributed by atoms with van der Waals surface area (Å²) in [5.41, 5.74) is 5.40. The standard InChI is InChI=1S/C16H23N3O5S.ClH/c17-6-7-18-16(20)12-3-2-8-19(11-12)25(21,22)14-5-1-4-13-15(14)24-10-9-23-13;/h1,4-5,12H,2-3,6-11,17H2,(H,18,20);1H. The van der Waals surface area contributed by atoms with Crippen molar-refractivity contribution in [3.63, 3.8) is 0 Å². The van der Waals surface area contributed by atoms with Crippen molar-refractivity contribution in [2.24, 2.45) is 11.7 Å². The Balaban J connectivity index is 0.00000243. The topological polar surface area (TPSA) is 111 Å². The van der Waals surface area contributed by atoms with E-state index < -0.39 is 10.0 Å². The number of nitrogens with two attached hydrogens (primary N) is 1. The minimum absolute atomic E-state index is 0. The number of para-hydroxylation sites is 1. The lowest BCUT2D eigenvalue weighted by atomic mass is 9.99. The number of halogens is 1. The number of nitrogens with one attached hydrogen (secondary N) is 1. The second kappa shape index (κ2) is 8.90. The van der Waals surface area contributed by atoms with Crippen molar-refractivity contribution in [2.75, 3.05) is 39.4 Å². The molecule has 26 heavy (non-hydrogen) atoms. The number of carbonyl (C=O) groups is 1. The van der Waals surface area contributed by atoms with E-state index in [9.17, 15) is 13.2 Å². The smallest absolute Gasteiger partial charge is 0.246 e. The maximum absolute atomic E-state index is 13.1. The Hall–Kier alpha value is -1.55. The highest BCUT2D eigenvalue weighted by atomic mass is 35.5. The fraction of sp³-hybridized carbons (Fsp3) is 0.562. The highest BCUT2D eigenvalue weighted by Gasteiger charge is 2.36. The number of piperidine rings is 1. The van der Waals surface area contributed by atoms with Crippen molar-refractivity contribution in [3.05, 3.63) is 18.2 Å². The summed E-state index contributed by atoms with van der Waals surface area (Å²) in [7, 11) is -3.77. The van der Waals surface area contributed by atoms with E-state index in [-0.39, 0.29) is 41.4 Å². The first-order valence-corrected chi connectivity index (χ1v) is 9.84. The van der Waals surface area contributed by atoms with E-state index in [2.05, 4.69) is 5.32 Å². The number of carbonyl (C=O) groups excluding carboxylic acids is 1. The fourth-order valence-electron chi connectivity index (χ4n) is 3.10. The van der Waals surface area contributed by atoms with E-state index in [1.54, 1.807) is 12.1 Å². The van der Waals surface area contributed by atoms with Crippen LogP contribution in [0.2, 0.25) is 0 Å². The molecule has 0 aromatic heterocycles. The lowest BCUT2D eigenvalue weighted by molar-refractivity contribution is -0.126. The Labute approximate surface area is 159 Å². The van der Waals surface area contributed by atoms with Gasteiger partial charge in [-0.15, -0.1) is 12.4 Å². The zero-order valence-electron chi connectivity index (χ0n) is 14.3. The minimum atomic E-state index is -3.77. The van der Waals surface area contributed by atoms with Gasteiger partial charge < -0.3 is 20.5 Å². The molecule has 10 heteroatoms. The molecule has 1 aromatic carbocycles. The highest BCUT2D eigenvalue weighted by Crippen LogP contribution is 2.38. The number of fused-ring (bicyclic) bond motifs is 1. The molecule has 1 fully saturated rings. The number of rotatable bonds is 5. The Kier molecular flexibility index (Phi) is 7.10. The Morgan fingerprint density at radius 1 is 1.31 bits per heavy atom. The largest absolute Gasteiger partial charge is 0.486 e. The summed E-state index contributed by atoms with van der Waals surface area (Å²) in [5.74, 6) is 0.164. The average molecular weight is 406 g/mol. The molecule has 0 aliphatic carbocycles. The summed E-state index contributed by atoms with van der Waals surface area (Å²) in [4.78, 5) is 12.3. The lowest BCUT2D eigenvalue weighted by Gasteiger charge is -2.32. The Morgan fingerprint density at radius 3 is 2.85 bits per heavy atom. The molecule has 1 aromatic rings. The molecule has 2 heterocycles. The van der Waals surface area contributed by atoms with Crippen LogP contribution in [0, 0.1) is 5.92 Å². The van der Waals surface area contributed by atoms with Crippen molar-refractivity contribution in [1.82, 2.24) is 9.62 Å². The Morgan fingerprint density at radius 2 is 2.08 bits per heavy atom. The summed E-state index contributed by atoms with van der Waals surface area (Å²) >= 11 is 0. The number of nitrogens with zero attached hydrogens (tertiary/aromatic N) is 1. The summed E-state index contributed by atoms with van der Waals surface area (Å²) in [6.07, 6.45) is 1.29. The third kappa shape index (κ3) is 4.22. The maximum Gasteiger partial charge on any atom is 0.246 e. The van der Waals surface area contributed by atoms with Crippen LogP contribution in [0.5, 0.6) is 11.5 Å².